The molecule has 0 spiro atoms. The first-order valence-electron chi connectivity index (χ1n) is 6.87. The maximum atomic E-state index is 4.74. The average molecular weight is 385 g/mol. The number of rotatable bonds is 5. The zero-order valence-electron chi connectivity index (χ0n) is 12.4. The topological polar surface area (TPSA) is 55.6 Å². The fraction of sp³-hybridized carbons (Fsp3) is 0.500. The smallest absolute Gasteiger partial charge is 0.165 e. The van der Waals surface area contributed by atoms with Crippen LogP contribution in [-0.2, 0) is 13.5 Å². The van der Waals surface area contributed by atoms with Gasteiger partial charge in [-0.3, -0.25) is 4.68 Å². The number of anilines is 1. The first-order chi connectivity index (χ1) is 9.58. The van der Waals surface area contributed by atoms with Gasteiger partial charge in [0.2, 0.25) is 0 Å². The molecule has 0 aliphatic rings. The van der Waals surface area contributed by atoms with Gasteiger partial charge in [-0.15, -0.1) is 0 Å². The van der Waals surface area contributed by atoms with E-state index >= 15 is 0 Å². The summed E-state index contributed by atoms with van der Waals surface area (Å²) in [4.78, 5) is 9.40. The van der Waals surface area contributed by atoms with E-state index in [1.54, 1.807) is 0 Å². The lowest BCUT2D eigenvalue weighted by Gasteiger charge is -2.11. The Balaban J connectivity index is 2.55. The van der Waals surface area contributed by atoms with Crippen LogP contribution in [0.5, 0.6) is 0 Å². The Morgan fingerprint density at radius 1 is 1.30 bits per heavy atom. The molecule has 0 aromatic carbocycles. The van der Waals surface area contributed by atoms with Crippen molar-refractivity contribution >= 4 is 28.4 Å². The zero-order chi connectivity index (χ0) is 14.7. The molecular weight excluding hydrogens is 365 g/mol. The van der Waals surface area contributed by atoms with E-state index in [1.165, 1.54) is 0 Å². The standard InChI is InChI=1S/C14H20IN5/c1-5-7-11-12(15)14(16-6-2)19-13(18-11)10-8-17-20(4)9(10)3/h8H,5-7H2,1-4H3,(H,16,18,19). The molecular formula is C14H20IN5. The summed E-state index contributed by atoms with van der Waals surface area (Å²) in [5, 5.41) is 7.61. The lowest BCUT2D eigenvalue weighted by Crippen LogP contribution is -2.08. The molecule has 0 saturated carbocycles. The van der Waals surface area contributed by atoms with E-state index in [1.807, 2.05) is 24.9 Å². The summed E-state index contributed by atoms with van der Waals surface area (Å²) in [6.07, 6.45) is 3.87. The maximum absolute atomic E-state index is 4.74. The predicted molar refractivity (Wildman–Crippen MR) is 89.8 cm³/mol. The van der Waals surface area contributed by atoms with Crippen molar-refractivity contribution in [2.75, 3.05) is 11.9 Å². The van der Waals surface area contributed by atoms with Crippen molar-refractivity contribution in [2.45, 2.75) is 33.6 Å². The zero-order valence-corrected chi connectivity index (χ0v) is 14.5. The molecule has 2 heterocycles. The number of aromatic nitrogens is 4. The molecule has 2 aromatic heterocycles. The van der Waals surface area contributed by atoms with Gasteiger partial charge in [-0.1, -0.05) is 13.3 Å². The van der Waals surface area contributed by atoms with Crippen LogP contribution in [0.25, 0.3) is 11.4 Å². The van der Waals surface area contributed by atoms with Crippen LogP contribution in [0.1, 0.15) is 31.7 Å². The molecule has 0 radical (unpaired) electrons. The molecule has 0 bridgehead atoms. The van der Waals surface area contributed by atoms with Crippen LogP contribution in [0.2, 0.25) is 0 Å². The van der Waals surface area contributed by atoms with E-state index in [-0.39, 0.29) is 0 Å². The third-order valence-corrected chi connectivity index (χ3v) is 4.36. The Labute approximate surface area is 133 Å². The summed E-state index contributed by atoms with van der Waals surface area (Å²) in [5.74, 6) is 1.68. The minimum absolute atomic E-state index is 0.760. The van der Waals surface area contributed by atoms with Gasteiger partial charge < -0.3 is 5.32 Å². The molecule has 0 aliphatic carbocycles. The number of hydrogen-bond acceptors (Lipinski definition) is 4. The van der Waals surface area contributed by atoms with E-state index in [2.05, 4.69) is 51.8 Å². The van der Waals surface area contributed by atoms with E-state index < -0.39 is 0 Å². The molecule has 0 atom stereocenters. The molecule has 108 valence electrons. The average Bonchev–Trinajstić information content (AvgIpc) is 2.75. The van der Waals surface area contributed by atoms with Crippen molar-refractivity contribution in [3.05, 3.63) is 21.2 Å². The highest BCUT2D eigenvalue weighted by atomic mass is 127. The fourth-order valence-electron chi connectivity index (χ4n) is 2.02. The number of nitrogens with one attached hydrogen (secondary N) is 1. The van der Waals surface area contributed by atoms with Gasteiger partial charge in [-0.25, -0.2) is 9.97 Å². The van der Waals surface area contributed by atoms with Crippen LogP contribution in [0.4, 0.5) is 5.82 Å². The minimum Gasteiger partial charge on any atom is -0.369 e. The lowest BCUT2D eigenvalue weighted by molar-refractivity contribution is 0.740. The Kier molecular flexibility index (Phi) is 4.95. The quantitative estimate of drug-likeness (QED) is 0.804. The molecule has 1 N–H and O–H groups in total. The normalized spacial score (nSPS) is 10.8. The Morgan fingerprint density at radius 2 is 2.05 bits per heavy atom. The second kappa shape index (κ2) is 6.51. The van der Waals surface area contributed by atoms with Gasteiger partial charge in [-0.05, 0) is 42.9 Å². The number of aryl methyl sites for hydroxylation is 2. The molecule has 0 aliphatic heterocycles. The van der Waals surface area contributed by atoms with Crippen molar-refractivity contribution in [3.8, 4) is 11.4 Å². The van der Waals surface area contributed by atoms with E-state index in [4.69, 9.17) is 4.98 Å². The van der Waals surface area contributed by atoms with Crippen molar-refractivity contribution in [3.63, 3.8) is 0 Å². The van der Waals surface area contributed by atoms with Crippen molar-refractivity contribution < 1.29 is 0 Å². The van der Waals surface area contributed by atoms with Gasteiger partial charge in [0.15, 0.2) is 5.82 Å². The Bertz CT molecular complexity index is 579. The molecule has 0 fully saturated rings. The van der Waals surface area contributed by atoms with E-state index in [0.29, 0.717) is 0 Å². The molecule has 0 saturated heterocycles. The maximum Gasteiger partial charge on any atom is 0.165 e. The fourth-order valence-corrected chi connectivity index (χ4v) is 2.72. The lowest BCUT2D eigenvalue weighted by atomic mass is 10.2. The molecule has 6 heteroatoms. The number of nitrogens with zero attached hydrogens (tertiary/aromatic N) is 4. The largest absolute Gasteiger partial charge is 0.369 e. The van der Waals surface area contributed by atoms with Crippen LogP contribution in [0, 0.1) is 10.5 Å². The second-order valence-corrected chi connectivity index (χ2v) is 5.78. The third kappa shape index (κ3) is 2.94. The highest BCUT2D eigenvalue weighted by Crippen LogP contribution is 2.26. The first kappa shape index (κ1) is 15.2. The predicted octanol–water partition coefficient (Wildman–Crippen LogP) is 3.17. The van der Waals surface area contributed by atoms with Crippen molar-refractivity contribution in [1.82, 2.24) is 19.7 Å². The van der Waals surface area contributed by atoms with E-state index in [0.717, 1.165) is 51.6 Å². The van der Waals surface area contributed by atoms with Gasteiger partial charge in [0, 0.05) is 19.3 Å². The third-order valence-electron chi connectivity index (χ3n) is 3.23. The molecule has 2 rings (SSSR count). The van der Waals surface area contributed by atoms with Crippen LogP contribution in [0.15, 0.2) is 6.20 Å². The van der Waals surface area contributed by atoms with Crippen molar-refractivity contribution in [1.29, 1.82) is 0 Å². The Morgan fingerprint density at radius 3 is 2.60 bits per heavy atom. The van der Waals surface area contributed by atoms with Gasteiger partial charge in [0.1, 0.15) is 5.82 Å². The summed E-state index contributed by atoms with van der Waals surface area (Å²) in [6, 6.07) is 0. The summed E-state index contributed by atoms with van der Waals surface area (Å²) in [6.45, 7) is 7.13. The molecule has 5 nitrogen and oxygen atoms in total. The summed E-state index contributed by atoms with van der Waals surface area (Å²) < 4.78 is 2.97. The first-order valence-corrected chi connectivity index (χ1v) is 7.95. The van der Waals surface area contributed by atoms with E-state index in [9.17, 15) is 0 Å². The SMILES string of the molecule is CCCc1nc(-c2cnn(C)c2C)nc(NCC)c1I. The number of halogens is 1. The highest BCUT2D eigenvalue weighted by Gasteiger charge is 2.15. The van der Waals surface area contributed by atoms with Crippen LogP contribution in [0.3, 0.4) is 0 Å². The summed E-state index contributed by atoms with van der Waals surface area (Å²) >= 11 is 2.33. The van der Waals surface area contributed by atoms with Gasteiger partial charge in [0.05, 0.1) is 21.0 Å². The monoisotopic (exact) mass is 385 g/mol. The highest BCUT2D eigenvalue weighted by molar-refractivity contribution is 14.1. The molecule has 20 heavy (non-hydrogen) atoms. The summed E-state index contributed by atoms with van der Waals surface area (Å²) in [7, 11) is 1.93. The molecule has 0 amide bonds. The van der Waals surface area contributed by atoms with Crippen LogP contribution >= 0.6 is 22.6 Å². The van der Waals surface area contributed by atoms with Crippen LogP contribution in [-0.4, -0.2) is 26.3 Å². The van der Waals surface area contributed by atoms with Crippen molar-refractivity contribution in [2.24, 2.45) is 7.05 Å². The minimum atomic E-state index is 0.760. The van der Waals surface area contributed by atoms with Gasteiger partial charge in [0.25, 0.3) is 0 Å². The summed E-state index contributed by atoms with van der Waals surface area (Å²) in [5.41, 5.74) is 3.19. The number of hydrogen-bond donors (Lipinski definition) is 1. The molecule has 2 aromatic rings. The Hall–Kier alpha value is -1.18. The second-order valence-electron chi connectivity index (χ2n) is 4.70. The molecule has 0 unspecified atom stereocenters. The van der Waals surface area contributed by atoms with Gasteiger partial charge in [-0.2, -0.15) is 5.10 Å². The van der Waals surface area contributed by atoms with Gasteiger partial charge >= 0.3 is 0 Å². The van der Waals surface area contributed by atoms with Crippen LogP contribution < -0.4 is 5.32 Å².